The van der Waals surface area contributed by atoms with Crippen molar-refractivity contribution in [3.05, 3.63) is 47.0 Å². The number of rotatable bonds is 3. The molecule has 4 rings (SSSR count). The highest BCUT2D eigenvalue weighted by molar-refractivity contribution is 6.27. The van der Waals surface area contributed by atoms with Crippen LogP contribution in [0.4, 0.5) is 0 Å². The van der Waals surface area contributed by atoms with Crippen molar-refractivity contribution in [3.63, 3.8) is 0 Å². The maximum Gasteiger partial charge on any atom is 0.262 e. The smallest absolute Gasteiger partial charge is 0.262 e. The number of imide groups is 2. The van der Waals surface area contributed by atoms with Crippen LogP contribution in [0.25, 0.3) is 10.8 Å². The molecule has 0 bridgehead atoms. The van der Waals surface area contributed by atoms with Crippen LogP contribution < -0.4 is 5.32 Å². The topological polar surface area (TPSA) is 83.6 Å². The molecular formula is C20H18N2O4. The first-order chi connectivity index (χ1) is 12.5. The predicted octanol–water partition coefficient (Wildman–Crippen LogP) is 2.19. The lowest BCUT2D eigenvalue weighted by atomic mass is 9.89. The van der Waals surface area contributed by atoms with Gasteiger partial charge in [-0.2, -0.15) is 0 Å². The molecule has 4 amide bonds. The van der Waals surface area contributed by atoms with E-state index < -0.39 is 23.8 Å². The maximum absolute atomic E-state index is 13.1. The van der Waals surface area contributed by atoms with Gasteiger partial charge >= 0.3 is 0 Å². The molecule has 26 heavy (non-hydrogen) atoms. The fourth-order valence-electron chi connectivity index (χ4n) is 3.83. The van der Waals surface area contributed by atoms with Crippen LogP contribution >= 0.6 is 0 Å². The summed E-state index contributed by atoms with van der Waals surface area (Å²) < 4.78 is 0. The lowest BCUT2D eigenvalue weighted by Gasteiger charge is -2.34. The van der Waals surface area contributed by atoms with Crippen LogP contribution in [0.5, 0.6) is 0 Å². The molecule has 0 radical (unpaired) electrons. The summed E-state index contributed by atoms with van der Waals surface area (Å²) in [5.74, 6) is -1.92. The van der Waals surface area contributed by atoms with Gasteiger partial charge in [0.15, 0.2) is 0 Å². The predicted molar refractivity (Wildman–Crippen MR) is 94.6 cm³/mol. The number of amides is 4. The van der Waals surface area contributed by atoms with Crippen LogP contribution in [0.2, 0.25) is 0 Å². The number of hydrogen-bond acceptors (Lipinski definition) is 4. The second-order valence-electron chi connectivity index (χ2n) is 6.74. The molecule has 1 unspecified atom stereocenters. The number of carbonyl (C=O) groups is 4. The third-order valence-electron chi connectivity index (χ3n) is 5.00. The first kappa shape index (κ1) is 16.4. The summed E-state index contributed by atoms with van der Waals surface area (Å²) in [6.45, 7) is 2.06. The number of carbonyl (C=O) groups excluding carboxylic acids is 4. The van der Waals surface area contributed by atoms with Gasteiger partial charge in [0.2, 0.25) is 11.8 Å². The van der Waals surface area contributed by atoms with E-state index >= 15 is 0 Å². The number of piperidine rings is 1. The highest BCUT2D eigenvalue weighted by atomic mass is 16.2. The van der Waals surface area contributed by atoms with E-state index in [4.69, 9.17) is 0 Å². The molecule has 2 aliphatic heterocycles. The zero-order chi connectivity index (χ0) is 18.4. The normalized spacial score (nSPS) is 19.9. The Labute approximate surface area is 150 Å². The van der Waals surface area contributed by atoms with E-state index in [1.54, 1.807) is 12.1 Å². The molecular weight excluding hydrogens is 332 g/mol. The van der Waals surface area contributed by atoms with Crippen molar-refractivity contribution in [2.75, 3.05) is 0 Å². The first-order valence-corrected chi connectivity index (χ1v) is 8.78. The molecule has 6 nitrogen and oxygen atoms in total. The summed E-state index contributed by atoms with van der Waals surface area (Å²) in [6, 6.07) is 8.23. The Hall–Kier alpha value is -3.02. The number of nitrogens with zero attached hydrogens (tertiary/aromatic N) is 1. The Kier molecular flexibility index (Phi) is 3.83. The van der Waals surface area contributed by atoms with Gasteiger partial charge in [0, 0.05) is 22.9 Å². The SMILES string of the molecule is CCCc1cc2c3c(cccc3c1)C(=O)N(C1CCC(=O)NC1=O)C2=O. The maximum atomic E-state index is 13.1. The minimum absolute atomic E-state index is 0.112. The zero-order valence-corrected chi connectivity index (χ0v) is 14.4. The lowest BCUT2D eigenvalue weighted by Crippen LogP contribution is -2.57. The van der Waals surface area contributed by atoms with E-state index in [-0.39, 0.29) is 18.7 Å². The minimum Gasteiger partial charge on any atom is -0.295 e. The second kappa shape index (κ2) is 6.05. The average Bonchev–Trinajstić information content (AvgIpc) is 2.61. The Morgan fingerprint density at radius 2 is 1.85 bits per heavy atom. The van der Waals surface area contributed by atoms with Gasteiger partial charge < -0.3 is 0 Å². The number of aryl methyl sites for hydroxylation is 1. The van der Waals surface area contributed by atoms with E-state index in [0.717, 1.165) is 28.7 Å². The number of nitrogens with one attached hydrogen (secondary N) is 1. The fraction of sp³-hybridized carbons (Fsp3) is 0.300. The second-order valence-corrected chi connectivity index (χ2v) is 6.74. The van der Waals surface area contributed by atoms with Gasteiger partial charge in [-0.25, -0.2) is 0 Å². The van der Waals surface area contributed by atoms with Crippen LogP contribution in [0.3, 0.4) is 0 Å². The van der Waals surface area contributed by atoms with Gasteiger partial charge in [-0.05, 0) is 35.9 Å². The van der Waals surface area contributed by atoms with Crippen molar-refractivity contribution in [2.45, 2.75) is 38.6 Å². The van der Waals surface area contributed by atoms with Crippen LogP contribution in [0.15, 0.2) is 30.3 Å². The Morgan fingerprint density at radius 1 is 1.08 bits per heavy atom. The molecule has 0 aliphatic carbocycles. The molecule has 2 aromatic rings. The molecule has 1 saturated heterocycles. The standard InChI is InChI=1S/C20H18N2O4/c1-2-4-11-9-12-5-3-6-13-17(12)14(10-11)20(26)22(19(13)25)15-7-8-16(23)21-18(15)24/h3,5-6,9-10,15H,2,4,7-8H2,1H3,(H,21,23,24). The summed E-state index contributed by atoms with van der Waals surface area (Å²) in [6.07, 6.45) is 2.03. The molecule has 0 aromatic heterocycles. The molecule has 1 fully saturated rings. The van der Waals surface area contributed by atoms with E-state index in [1.807, 2.05) is 18.2 Å². The van der Waals surface area contributed by atoms with Gasteiger partial charge in [-0.3, -0.25) is 29.4 Å². The summed E-state index contributed by atoms with van der Waals surface area (Å²) in [4.78, 5) is 50.8. The third-order valence-corrected chi connectivity index (χ3v) is 5.00. The summed E-state index contributed by atoms with van der Waals surface area (Å²) in [7, 11) is 0. The van der Waals surface area contributed by atoms with Crippen molar-refractivity contribution in [2.24, 2.45) is 0 Å². The highest BCUT2D eigenvalue weighted by Crippen LogP contribution is 2.33. The minimum atomic E-state index is -0.953. The van der Waals surface area contributed by atoms with Gasteiger partial charge in [-0.15, -0.1) is 0 Å². The molecule has 0 spiro atoms. The van der Waals surface area contributed by atoms with E-state index in [9.17, 15) is 19.2 Å². The Morgan fingerprint density at radius 3 is 2.58 bits per heavy atom. The molecule has 0 saturated carbocycles. The quantitative estimate of drug-likeness (QED) is 0.860. The van der Waals surface area contributed by atoms with Crippen molar-refractivity contribution in [1.82, 2.24) is 10.2 Å². The molecule has 1 N–H and O–H groups in total. The van der Waals surface area contributed by atoms with Crippen LogP contribution in [-0.4, -0.2) is 34.6 Å². The molecule has 2 aliphatic rings. The van der Waals surface area contributed by atoms with Crippen molar-refractivity contribution >= 4 is 34.4 Å². The van der Waals surface area contributed by atoms with Gasteiger partial charge in [0.25, 0.3) is 11.8 Å². The average molecular weight is 350 g/mol. The first-order valence-electron chi connectivity index (χ1n) is 8.78. The zero-order valence-electron chi connectivity index (χ0n) is 14.4. The molecule has 1 atom stereocenters. The Bertz CT molecular complexity index is 979. The largest absolute Gasteiger partial charge is 0.295 e. The van der Waals surface area contributed by atoms with Crippen molar-refractivity contribution in [1.29, 1.82) is 0 Å². The highest BCUT2D eigenvalue weighted by Gasteiger charge is 2.42. The fourth-order valence-corrected chi connectivity index (χ4v) is 3.83. The monoisotopic (exact) mass is 350 g/mol. The Balaban J connectivity index is 1.86. The number of benzene rings is 2. The summed E-state index contributed by atoms with van der Waals surface area (Å²) in [5.41, 5.74) is 1.90. The number of hydrogen-bond donors (Lipinski definition) is 1. The molecule has 2 aromatic carbocycles. The van der Waals surface area contributed by atoms with Crippen LogP contribution in [-0.2, 0) is 16.0 Å². The van der Waals surface area contributed by atoms with E-state index in [0.29, 0.717) is 16.5 Å². The van der Waals surface area contributed by atoms with Crippen molar-refractivity contribution in [3.8, 4) is 0 Å². The van der Waals surface area contributed by atoms with Gasteiger partial charge in [0.1, 0.15) is 6.04 Å². The molecule has 132 valence electrons. The molecule has 2 heterocycles. The lowest BCUT2D eigenvalue weighted by molar-refractivity contribution is -0.136. The summed E-state index contributed by atoms with van der Waals surface area (Å²) >= 11 is 0. The third kappa shape index (κ3) is 2.41. The van der Waals surface area contributed by atoms with Gasteiger partial charge in [-0.1, -0.05) is 31.5 Å². The molecule has 6 heteroatoms. The van der Waals surface area contributed by atoms with Crippen molar-refractivity contribution < 1.29 is 19.2 Å². The van der Waals surface area contributed by atoms with E-state index in [1.165, 1.54) is 0 Å². The van der Waals surface area contributed by atoms with E-state index in [2.05, 4.69) is 12.2 Å². The van der Waals surface area contributed by atoms with Gasteiger partial charge in [0.05, 0.1) is 0 Å². The summed E-state index contributed by atoms with van der Waals surface area (Å²) in [5, 5.41) is 3.72. The van der Waals surface area contributed by atoms with Crippen LogP contribution in [0.1, 0.15) is 52.5 Å². The van der Waals surface area contributed by atoms with Crippen LogP contribution in [0, 0.1) is 0 Å².